The van der Waals surface area contributed by atoms with Gasteiger partial charge in [0.05, 0.1) is 10.6 Å². The molecule has 3 rings (SSSR count). The SMILES string of the molecule is CS(=O)(=O)c1ccc(-c2cc([C@@H]3CCCN3)ccn2)cc1. The lowest BCUT2D eigenvalue weighted by Gasteiger charge is -2.11. The molecule has 4 nitrogen and oxygen atoms in total. The highest BCUT2D eigenvalue weighted by Crippen LogP contribution is 2.26. The minimum atomic E-state index is -3.15. The van der Waals surface area contributed by atoms with E-state index >= 15 is 0 Å². The first-order valence-corrected chi connectivity index (χ1v) is 8.93. The first kappa shape index (κ1) is 14.2. The van der Waals surface area contributed by atoms with E-state index in [-0.39, 0.29) is 0 Å². The van der Waals surface area contributed by atoms with Crippen LogP contribution in [0.15, 0.2) is 47.5 Å². The van der Waals surface area contributed by atoms with Crippen LogP contribution < -0.4 is 5.32 Å². The van der Waals surface area contributed by atoms with Crippen molar-refractivity contribution in [1.82, 2.24) is 10.3 Å². The van der Waals surface area contributed by atoms with E-state index in [0.29, 0.717) is 10.9 Å². The quantitative estimate of drug-likeness (QED) is 0.946. The maximum Gasteiger partial charge on any atom is 0.175 e. The second kappa shape index (κ2) is 5.58. The molecule has 5 heteroatoms. The molecule has 2 heterocycles. The summed E-state index contributed by atoms with van der Waals surface area (Å²) < 4.78 is 23.0. The van der Waals surface area contributed by atoms with Crippen LogP contribution in [0.2, 0.25) is 0 Å². The number of pyridine rings is 1. The van der Waals surface area contributed by atoms with Crippen LogP contribution >= 0.6 is 0 Å². The number of nitrogens with zero attached hydrogens (tertiary/aromatic N) is 1. The first-order valence-electron chi connectivity index (χ1n) is 7.04. The Labute approximate surface area is 125 Å². The molecule has 1 aromatic heterocycles. The number of rotatable bonds is 3. The molecule has 0 saturated carbocycles. The smallest absolute Gasteiger partial charge is 0.175 e. The Morgan fingerprint density at radius 3 is 2.57 bits per heavy atom. The van der Waals surface area contributed by atoms with Crippen LogP contribution in [0.5, 0.6) is 0 Å². The van der Waals surface area contributed by atoms with E-state index in [1.54, 1.807) is 12.1 Å². The summed E-state index contributed by atoms with van der Waals surface area (Å²) in [5.74, 6) is 0. The number of sulfone groups is 1. The van der Waals surface area contributed by atoms with E-state index < -0.39 is 9.84 Å². The molecule has 1 N–H and O–H groups in total. The third kappa shape index (κ3) is 3.14. The summed E-state index contributed by atoms with van der Waals surface area (Å²) in [6.07, 6.45) is 5.38. The van der Waals surface area contributed by atoms with Crippen molar-refractivity contribution in [1.29, 1.82) is 0 Å². The Kier molecular flexibility index (Phi) is 3.78. The van der Waals surface area contributed by atoms with Crippen molar-refractivity contribution in [3.63, 3.8) is 0 Å². The summed E-state index contributed by atoms with van der Waals surface area (Å²) in [5, 5.41) is 3.47. The monoisotopic (exact) mass is 302 g/mol. The summed E-state index contributed by atoms with van der Waals surface area (Å²) in [5.41, 5.74) is 3.05. The van der Waals surface area contributed by atoms with Crippen molar-refractivity contribution in [3.8, 4) is 11.3 Å². The van der Waals surface area contributed by atoms with Gasteiger partial charge < -0.3 is 5.32 Å². The van der Waals surface area contributed by atoms with Crippen molar-refractivity contribution in [3.05, 3.63) is 48.2 Å². The number of hydrogen-bond donors (Lipinski definition) is 1. The molecule has 0 unspecified atom stereocenters. The summed E-state index contributed by atoms with van der Waals surface area (Å²) in [6, 6.07) is 11.4. The third-order valence-electron chi connectivity index (χ3n) is 3.82. The number of benzene rings is 1. The van der Waals surface area contributed by atoms with Gasteiger partial charge in [0.2, 0.25) is 0 Å². The molecular weight excluding hydrogens is 284 g/mol. The van der Waals surface area contributed by atoms with Crippen molar-refractivity contribution in [2.24, 2.45) is 0 Å². The van der Waals surface area contributed by atoms with Gasteiger partial charge in [0.15, 0.2) is 9.84 Å². The molecule has 1 atom stereocenters. The molecule has 1 saturated heterocycles. The molecular formula is C16H18N2O2S. The zero-order valence-corrected chi connectivity index (χ0v) is 12.7. The van der Waals surface area contributed by atoms with E-state index in [9.17, 15) is 8.42 Å². The summed E-state index contributed by atoms with van der Waals surface area (Å²) in [6.45, 7) is 1.06. The van der Waals surface area contributed by atoms with E-state index in [4.69, 9.17) is 0 Å². The van der Waals surface area contributed by atoms with E-state index in [1.807, 2.05) is 24.4 Å². The van der Waals surface area contributed by atoms with Gasteiger partial charge in [0.1, 0.15) is 0 Å². The lowest BCUT2D eigenvalue weighted by molar-refractivity contribution is 0.602. The molecule has 0 radical (unpaired) electrons. The lowest BCUT2D eigenvalue weighted by atomic mass is 10.0. The van der Waals surface area contributed by atoms with Crippen LogP contribution in [0.25, 0.3) is 11.3 Å². The maximum atomic E-state index is 11.5. The van der Waals surface area contributed by atoms with Gasteiger partial charge in [0.25, 0.3) is 0 Å². The minimum absolute atomic E-state index is 0.333. The van der Waals surface area contributed by atoms with Crippen LogP contribution in [0.1, 0.15) is 24.4 Å². The minimum Gasteiger partial charge on any atom is -0.310 e. The topological polar surface area (TPSA) is 59.1 Å². The molecule has 21 heavy (non-hydrogen) atoms. The molecule has 2 aromatic rings. The van der Waals surface area contributed by atoms with Crippen LogP contribution in [0.3, 0.4) is 0 Å². The van der Waals surface area contributed by atoms with Crippen LogP contribution in [0, 0.1) is 0 Å². The van der Waals surface area contributed by atoms with E-state index in [2.05, 4.69) is 16.4 Å². The fourth-order valence-electron chi connectivity index (χ4n) is 2.66. The van der Waals surface area contributed by atoms with Crippen molar-refractivity contribution < 1.29 is 8.42 Å². The van der Waals surface area contributed by atoms with Gasteiger partial charge >= 0.3 is 0 Å². The molecule has 0 spiro atoms. The third-order valence-corrected chi connectivity index (χ3v) is 4.95. The number of hydrogen-bond acceptors (Lipinski definition) is 4. The molecule has 1 aliphatic rings. The summed E-state index contributed by atoms with van der Waals surface area (Å²) in [4.78, 5) is 4.73. The molecule has 0 amide bonds. The van der Waals surface area contributed by atoms with Gasteiger partial charge in [-0.15, -0.1) is 0 Å². The van der Waals surface area contributed by atoms with Gasteiger partial charge in [-0.2, -0.15) is 0 Å². The Bertz CT molecular complexity index is 733. The summed E-state index contributed by atoms with van der Waals surface area (Å²) in [7, 11) is -3.15. The van der Waals surface area contributed by atoms with Gasteiger partial charge in [-0.25, -0.2) is 8.42 Å². The van der Waals surface area contributed by atoms with Crippen molar-refractivity contribution in [2.45, 2.75) is 23.8 Å². The Morgan fingerprint density at radius 2 is 1.95 bits per heavy atom. The molecule has 0 bridgehead atoms. The average molecular weight is 302 g/mol. The first-order chi connectivity index (χ1) is 10.0. The number of aromatic nitrogens is 1. The summed E-state index contributed by atoms with van der Waals surface area (Å²) >= 11 is 0. The Morgan fingerprint density at radius 1 is 1.19 bits per heavy atom. The lowest BCUT2D eigenvalue weighted by Crippen LogP contribution is -2.12. The van der Waals surface area contributed by atoms with Gasteiger partial charge in [0, 0.05) is 24.1 Å². The van der Waals surface area contributed by atoms with E-state index in [0.717, 1.165) is 24.2 Å². The van der Waals surface area contributed by atoms with Gasteiger partial charge in [-0.1, -0.05) is 12.1 Å². The predicted octanol–water partition coefficient (Wildman–Crippen LogP) is 2.58. The second-order valence-electron chi connectivity index (χ2n) is 5.42. The fraction of sp³-hybridized carbons (Fsp3) is 0.312. The van der Waals surface area contributed by atoms with Crippen LogP contribution in [-0.4, -0.2) is 26.2 Å². The second-order valence-corrected chi connectivity index (χ2v) is 7.44. The molecule has 1 fully saturated rings. The average Bonchev–Trinajstić information content (AvgIpc) is 3.01. The Hall–Kier alpha value is -1.72. The molecule has 1 aromatic carbocycles. The van der Waals surface area contributed by atoms with Crippen molar-refractivity contribution >= 4 is 9.84 Å². The van der Waals surface area contributed by atoms with Crippen LogP contribution in [0.4, 0.5) is 0 Å². The largest absolute Gasteiger partial charge is 0.310 e. The molecule has 110 valence electrons. The number of nitrogens with one attached hydrogen (secondary N) is 1. The highest BCUT2D eigenvalue weighted by molar-refractivity contribution is 7.90. The predicted molar refractivity (Wildman–Crippen MR) is 82.8 cm³/mol. The Balaban J connectivity index is 1.91. The standard InChI is InChI=1S/C16H18N2O2S/c1-21(19,20)14-6-4-12(5-7-14)16-11-13(8-10-18-16)15-3-2-9-17-15/h4-8,10-11,15,17H,2-3,9H2,1H3/t15-/m0/s1. The molecule has 1 aliphatic heterocycles. The zero-order valence-electron chi connectivity index (χ0n) is 11.9. The fourth-order valence-corrected chi connectivity index (χ4v) is 3.29. The van der Waals surface area contributed by atoms with Crippen LogP contribution in [-0.2, 0) is 9.84 Å². The zero-order chi connectivity index (χ0) is 14.9. The van der Waals surface area contributed by atoms with Gasteiger partial charge in [-0.3, -0.25) is 4.98 Å². The molecule has 0 aliphatic carbocycles. The van der Waals surface area contributed by atoms with E-state index in [1.165, 1.54) is 18.2 Å². The normalized spacial score (nSPS) is 18.8. The maximum absolute atomic E-state index is 11.5. The van der Waals surface area contributed by atoms with Crippen molar-refractivity contribution in [2.75, 3.05) is 12.8 Å². The highest BCUT2D eigenvalue weighted by Gasteiger charge is 2.16. The van der Waals surface area contributed by atoms with Gasteiger partial charge in [-0.05, 0) is 49.2 Å². The highest BCUT2D eigenvalue weighted by atomic mass is 32.2.